The number of carboxylic acid groups (broad SMARTS) is 1. The number of nitrogens with two attached hydrogens (primary N) is 3. The van der Waals surface area contributed by atoms with Gasteiger partial charge in [0.2, 0.25) is 53.2 Å². The van der Waals surface area contributed by atoms with E-state index in [1.54, 1.807) is 44.3 Å². The Bertz CT molecular complexity index is 2790. The summed E-state index contributed by atoms with van der Waals surface area (Å²) in [5.74, 6) is -10.2. The Morgan fingerprint density at radius 3 is 1.96 bits per heavy atom. The summed E-state index contributed by atoms with van der Waals surface area (Å²) >= 11 is 1.46. The molecule has 2 aromatic carbocycles. The van der Waals surface area contributed by atoms with Crippen molar-refractivity contribution in [1.29, 1.82) is 0 Å². The monoisotopic (exact) mass is 1120 g/mol. The lowest BCUT2D eigenvalue weighted by Crippen LogP contribution is -2.60. The number of aromatic amines is 2. The van der Waals surface area contributed by atoms with Gasteiger partial charge in [-0.3, -0.25) is 57.6 Å². The normalized spacial score (nSPS) is 13.8. The highest BCUT2D eigenvalue weighted by Gasteiger charge is 2.38. The highest BCUT2D eigenvalue weighted by atomic mass is 32.2. The van der Waals surface area contributed by atoms with E-state index in [1.165, 1.54) is 55.5 Å². The molecule has 0 spiro atoms. The number of primary amides is 1. The van der Waals surface area contributed by atoms with Gasteiger partial charge in [0.1, 0.15) is 42.3 Å². The van der Waals surface area contributed by atoms with Gasteiger partial charge < -0.3 is 69.5 Å². The van der Waals surface area contributed by atoms with Crippen LogP contribution >= 0.6 is 11.8 Å². The van der Waals surface area contributed by atoms with E-state index in [4.69, 9.17) is 17.2 Å². The highest BCUT2D eigenvalue weighted by Crippen LogP contribution is 2.21. The van der Waals surface area contributed by atoms with Crippen molar-refractivity contribution in [1.82, 2.24) is 57.1 Å². The second-order valence-corrected chi connectivity index (χ2v) is 20.5. The van der Waals surface area contributed by atoms with E-state index in [2.05, 4.69) is 52.2 Å². The van der Waals surface area contributed by atoms with Crippen molar-refractivity contribution in [2.75, 3.05) is 30.8 Å². The number of anilines is 1. The third-order valence-corrected chi connectivity index (χ3v) is 13.1. The number of nitrogens with zero attached hydrogens (tertiary/aromatic N) is 2. The zero-order valence-corrected chi connectivity index (χ0v) is 45.7. The number of hydrogen-bond donors (Lipinski definition) is 13. The summed E-state index contributed by atoms with van der Waals surface area (Å²) in [5, 5.41) is 28.4. The van der Waals surface area contributed by atoms with Gasteiger partial charge in [-0.1, -0.05) is 45.9 Å². The Kier molecular flexibility index (Phi) is 24.5. The van der Waals surface area contributed by atoms with Crippen LogP contribution in [-0.4, -0.2) is 157 Å². The van der Waals surface area contributed by atoms with Crippen LogP contribution in [0.4, 0.5) is 5.69 Å². The van der Waals surface area contributed by atoms with Gasteiger partial charge in [-0.05, 0) is 85.9 Å². The Morgan fingerprint density at radius 2 is 1.35 bits per heavy atom. The maximum absolute atomic E-state index is 14.4. The number of nitrogens with one attached hydrogen (secondary N) is 9. The zero-order valence-electron chi connectivity index (χ0n) is 44.9. The summed E-state index contributed by atoms with van der Waals surface area (Å²) in [4.78, 5) is 159. The summed E-state index contributed by atoms with van der Waals surface area (Å²) < 4.78 is 0. The molecule has 0 aliphatic carbocycles. The number of thioether (sulfide) groups is 1. The number of nitrogen functional groups attached to an aromatic ring is 1. The van der Waals surface area contributed by atoms with Crippen LogP contribution in [0.2, 0.25) is 0 Å². The predicted octanol–water partition coefficient (Wildman–Crippen LogP) is -0.895. The number of fused-ring (bicyclic) bond motifs is 1. The molecule has 428 valence electrons. The van der Waals surface area contributed by atoms with E-state index in [-0.39, 0.29) is 37.2 Å². The van der Waals surface area contributed by atoms with Crippen LogP contribution < -0.4 is 54.4 Å². The van der Waals surface area contributed by atoms with Crippen molar-refractivity contribution >= 4 is 93.4 Å². The SMILES string of the molecule is CSCC[C@H](NC(=O)[C@H](CC(C)C)NC(=O)[C@H](Cc1cnc[nH]1)NC(=O)CNC(=O)[C@@H](NC(=O)[C@H](C)NC(=O)[C@H](Cc1c[nH]c2ccccc12)NC(=O)[C@H](CCC(=O)O)N(C(=O)CN)C(=O)c1ccc(N)cc1)C(C)C)C(N)=O. The highest BCUT2D eigenvalue weighted by molar-refractivity contribution is 7.98. The molecular weight excluding hydrogens is 1040 g/mol. The van der Waals surface area contributed by atoms with Gasteiger partial charge in [0.25, 0.3) is 5.91 Å². The van der Waals surface area contributed by atoms with E-state index < -0.39 is 139 Å². The number of carbonyl (C=O) groups is 11. The van der Waals surface area contributed by atoms with Crippen molar-refractivity contribution in [2.24, 2.45) is 23.3 Å². The number of benzene rings is 2. The maximum Gasteiger partial charge on any atom is 0.303 e. The molecule has 27 heteroatoms. The molecule has 0 unspecified atom stereocenters. The fourth-order valence-electron chi connectivity index (χ4n) is 8.24. The molecular formula is C52H72N14O12S. The number of amides is 10. The van der Waals surface area contributed by atoms with Crippen molar-refractivity contribution in [3.05, 3.63) is 84.1 Å². The minimum absolute atomic E-state index is 0.0709. The number of hydrogen-bond acceptors (Lipinski definition) is 15. The second kappa shape index (κ2) is 30.6. The van der Waals surface area contributed by atoms with Crippen LogP contribution in [0, 0.1) is 11.8 Å². The molecule has 4 aromatic rings. The molecule has 7 atom stereocenters. The van der Waals surface area contributed by atoms with Crippen LogP contribution in [0.1, 0.15) is 81.9 Å². The molecule has 0 fully saturated rings. The van der Waals surface area contributed by atoms with Gasteiger partial charge in [-0.15, -0.1) is 0 Å². The average molecular weight is 1120 g/mol. The lowest BCUT2D eigenvalue weighted by atomic mass is 10.0. The van der Waals surface area contributed by atoms with Gasteiger partial charge in [-0.25, -0.2) is 4.98 Å². The third kappa shape index (κ3) is 19.3. The first-order chi connectivity index (χ1) is 37.4. The average Bonchev–Trinajstić information content (AvgIpc) is 4.10. The fraction of sp³-hybridized carbons (Fsp3) is 0.462. The largest absolute Gasteiger partial charge is 0.481 e. The van der Waals surface area contributed by atoms with Crippen LogP contribution in [-0.2, 0) is 60.8 Å². The number of H-pyrrole nitrogens is 2. The topological polar surface area (TPSA) is 418 Å². The number of imidazole rings is 1. The molecule has 79 heavy (non-hydrogen) atoms. The molecule has 0 aliphatic heterocycles. The van der Waals surface area contributed by atoms with Crippen molar-refractivity contribution < 1.29 is 57.8 Å². The number of rotatable bonds is 31. The van der Waals surface area contributed by atoms with E-state index in [0.29, 0.717) is 38.5 Å². The van der Waals surface area contributed by atoms with Crippen LogP contribution in [0.25, 0.3) is 10.9 Å². The number of imide groups is 1. The minimum atomic E-state index is -1.79. The van der Waals surface area contributed by atoms with Crippen LogP contribution in [0.3, 0.4) is 0 Å². The molecule has 0 saturated carbocycles. The predicted molar refractivity (Wildman–Crippen MR) is 293 cm³/mol. The van der Waals surface area contributed by atoms with Crippen LogP contribution in [0.15, 0.2) is 67.3 Å². The van der Waals surface area contributed by atoms with Crippen LogP contribution in [0.5, 0.6) is 0 Å². The zero-order chi connectivity index (χ0) is 58.5. The lowest BCUT2D eigenvalue weighted by molar-refractivity contribution is -0.141. The summed E-state index contributed by atoms with van der Waals surface area (Å²) in [6.07, 6.45) is 5.09. The molecule has 2 aromatic heterocycles. The number of para-hydroxylation sites is 1. The molecule has 0 radical (unpaired) electrons. The Labute approximate surface area is 460 Å². The summed E-state index contributed by atoms with van der Waals surface area (Å²) in [5.41, 5.74) is 18.9. The summed E-state index contributed by atoms with van der Waals surface area (Å²) in [6.45, 7) is 6.77. The van der Waals surface area contributed by atoms with E-state index >= 15 is 0 Å². The van der Waals surface area contributed by atoms with Gasteiger partial charge >= 0.3 is 5.97 Å². The van der Waals surface area contributed by atoms with E-state index in [1.807, 2.05) is 20.1 Å². The van der Waals surface area contributed by atoms with Crippen molar-refractivity contribution in [3.8, 4) is 0 Å². The Hall–Kier alpha value is -8.33. The van der Waals surface area contributed by atoms with Gasteiger partial charge in [-0.2, -0.15) is 11.8 Å². The molecule has 4 rings (SSSR count). The molecule has 0 aliphatic rings. The molecule has 0 saturated heterocycles. The Morgan fingerprint density at radius 1 is 0.722 bits per heavy atom. The first kappa shape index (κ1) is 63.2. The number of carbonyl (C=O) groups excluding carboxylic acids is 10. The fourth-order valence-corrected chi connectivity index (χ4v) is 8.71. The lowest BCUT2D eigenvalue weighted by Gasteiger charge is -2.31. The van der Waals surface area contributed by atoms with Crippen molar-refractivity contribution in [2.45, 2.75) is 115 Å². The Balaban J connectivity index is 1.51. The molecule has 2 heterocycles. The van der Waals surface area contributed by atoms with Gasteiger partial charge in [0.15, 0.2) is 0 Å². The smallest absolute Gasteiger partial charge is 0.303 e. The number of aromatic nitrogens is 3. The summed E-state index contributed by atoms with van der Waals surface area (Å²) in [7, 11) is 0. The van der Waals surface area contributed by atoms with E-state index in [0.717, 1.165) is 0 Å². The first-order valence-corrected chi connectivity index (χ1v) is 26.9. The second-order valence-electron chi connectivity index (χ2n) is 19.5. The summed E-state index contributed by atoms with van der Waals surface area (Å²) in [6, 6.07) is 3.05. The van der Waals surface area contributed by atoms with Gasteiger partial charge in [0, 0.05) is 59.5 Å². The maximum atomic E-state index is 14.4. The van der Waals surface area contributed by atoms with Gasteiger partial charge in [0.05, 0.1) is 19.4 Å². The number of aliphatic carboxylic acids is 1. The van der Waals surface area contributed by atoms with E-state index in [9.17, 15) is 57.8 Å². The third-order valence-electron chi connectivity index (χ3n) is 12.5. The molecule has 10 amide bonds. The molecule has 0 bridgehead atoms. The minimum Gasteiger partial charge on any atom is -0.481 e. The standard InChI is InChI=1S/C52H72N14O12S/c1-27(2)19-37(48(74)62-36(45(55)71)17-18-79-6)63-49(75)39(21-33-24-56-26-59-33)61-41(67)25-58-51(77)44(28(3)4)65-46(72)29(5)60-47(73)38(20-31-23-57-35-10-8-7-9-34(31)35)64-50(76)40(15-16-43(69)70)66(42(68)22-53)52(78)30-11-13-32(54)14-12-30/h7-14,23-24,26-29,36-40,44,57H,15-22,25,53-54H2,1-6H3,(H2,55,71)(H,56,59)(H,58,77)(H,60,73)(H,61,67)(H,62,74)(H,63,75)(H,64,76)(H,65,72)(H,69,70)/t29-,36-,37-,38-,39-,40-,44-/m0/s1. The number of carboxylic acids is 1. The molecule has 26 nitrogen and oxygen atoms in total. The quantitative estimate of drug-likeness (QED) is 0.0272. The molecule has 16 N–H and O–H groups in total. The van der Waals surface area contributed by atoms with Crippen molar-refractivity contribution in [3.63, 3.8) is 0 Å². The first-order valence-electron chi connectivity index (χ1n) is 25.5.